The Kier molecular flexibility index (Phi) is 5.55. The van der Waals surface area contributed by atoms with E-state index in [1.54, 1.807) is 66.9 Å². The third-order valence-electron chi connectivity index (χ3n) is 4.73. The van der Waals surface area contributed by atoms with E-state index in [0.717, 1.165) is 5.56 Å². The van der Waals surface area contributed by atoms with Crippen molar-refractivity contribution < 1.29 is 17.6 Å². The molecule has 0 aliphatic rings. The average molecular weight is 433 g/mol. The summed E-state index contributed by atoms with van der Waals surface area (Å²) in [5.41, 5.74) is 2.17. The van der Waals surface area contributed by atoms with Gasteiger partial charge in [-0.25, -0.2) is 13.4 Å². The van der Waals surface area contributed by atoms with Crippen molar-refractivity contribution in [3.8, 4) is 11.3 Å². The Labute approximate surface area is 180 Å². The van der Waals surface area contributed by atoms with Gasteiger partial charge in [0.2, 0.25) is 0 Å². The summed E-state index contributed by atoms with van der Waals surface area (Å²) in [5.74, 6) is 0.213. The minimum Gasteiger partial charge on any atom is -0.444 e. The number of oxazole rings is 1. The quantitative estimate of drug-likeness (QED) is 0.486. The molecule has 8 heteroatoms. The number of hydrogen-bond donors (Lipinski definition) is 1. The fourth-order valence-electron chi connectivity index (χ4n) is 3.01. The Hall–Kier alpha value is -3.91. The summed E-state index contributed by atoms with van der Waals surface area (Å²) in [6.45, 7) is 0. The summed E-state index contributed by atoms with van der Waals surface area (Å²) in [5, 5.41) is 2.78. The van der Waals surface area contributed by atoms with E-state index in [2.05, 4.69) is 10.3 Å². The molecular formula is C23H19N3O4S. The van der Waals surface area contributed by atoms with Crippen LogP contribution in [0.25, 0.3) is 11.3 Å². The molecule has 0 fully saturated rings. The van der Waals surface area contributed by atoms with E-state index in [1.807, 2.05) is 6.07 Å². The van der Waals surface area contributed by atoms with Crippen molar-refractivity contribution in [3.63, 3.8) is 0 Å². The maximum atomic E-state index is 13.0. The topological polar surface area (TPSA) is 92.5 Å². The van der Waals surface area contributed by atoms with Crippen molar-refractivity contribution in [1.82, 2.24) is 4.98 Å². The number of nitrogens with zero attached hydrogens (tertiary/aromatic N) is 2. The van der Waals surface area contributed by atoms with Crippen LogP contribution >= 0.6 is 0 Å². The Morgan fingerprint density at radius 3 is 2.39 bits per heavy atom. The van der Waals surface area contributed by atoms with Crippen LogP contribution in [-0.4, -0.2) is 26.4 Å². The summed E-state index contributed by atoms with van der Waals surface area (Å²) in [6, 6.07) is 21.8. The molecule has 0 bridgehead atoms. The first kappa shape index (κ1) is 20.4. The van der Waals surface area contributed by atoms with E-state index in [9.17, 15) is 13.2 Å². The van der Waals surface area contributed by atoms with Crippen LogP contribution in [0.5, 0.6) is 0 Å². The van der Waals surface area contributed by atoms with E-state index < -0.39 is 15.9 Å². The summed E-state index contributed by atoms with van der Waals surface area (Å²) >= 11 is 0. The molecule has 0 atom stereocenters. The maximum Gasteiger partial charge on any atom is 0.264 e. The molecule has 0 unspecified atom stereocenters. The Morgan fingerprint density at radius 1 is 0.968 bits per heavy atom. The van der Waals surface area contributed by atoms with Crippen molar-refractivity contribution in [3.05, 3.63) is 97.0 Å². The maximum absolute atomic E-state index is 13.0. The van der Waals surface area contributed by atoms with Gasteiger partial charge in [-0.3, -0.25) is 9.10 Å². The first-order chi connectivity index (χ1) is 14.9. The highest BCUT2D eigenvalue weighted by molar-refractivity contribution is 7.92. The van der Waals surface area contributed by atoms with E-state index in [0.29, 0.717) is 17.1 Å². The fourth-order valence-corrected chi connectivity index (χ4v) is 4.25. The lowest BCUT2D eigenvalue weighted by Gasteiger charge is -2.19. The number of carbonyl (C=O) groups excluding carboxylic acids is 1. The third-order valence-corrected chi connectivity index (χ3v) is 6.52. The molecule has 4 rings (SSSR count). The van der Waals surface area contributed by atoms with Crippen LogP contribution in [0.3, 0.4) is 0 Å². The van der Waals surface area contributed by atoms with Gasteiger partial charge < -0.3 is 9.73 Å². The van der Waals surface area contributed by atoms with Crippen molar-refractivity contribution in [2.75, 3.05) is 16.7 Å². The summed E-state index contributed by atoms with van der Waals surface area (Å²) in [7, 11) is -2.33. The van der Waals surface area contributed by atoms with Gasteiger partial charge in [-0.2, -0.15) is 0 Å². The van der Waals surface area contributed by atoms with Gasteiger partial charge in [0.05, 0.1) is 16.8 Å². The molecule has 0 spiro atoms. The molecule has 7 nitrogen and oxygen atoms in total. The number of sulfonamides is 1. The smallest absolute Gasteiger partial charge is 0.264 e. The lowest BCUT2D eigenvalue weighted by molar-refractivity contribution is 0.102. The van der Waals surface area contributed by atoms with Crippen molar-refractivity contribution in [2.45, 2.75) is 4.90 Å². The predicted molar refractivity (Wildman–Crippen MR) is 118 cm³/mol. The largest absolute Gasteiger partial charge is 0.444 e. The lowest BCUT2D eigenvalue weighted by Crippen LogP contribution is -2.26. The van der Waals surface area contributed by atoms with Gasteiger partial charge in [0.25, 0.3) is 15.9 Å². The van der Waals surface area contributed by atoms with Crippen LogP contribution in [0.2, 0.25) is 0 Å². The highest BCUT2D eigenvalue weighted by atomic mass is 32.2. The zero-order chi connectivity index (χ0) is 21.8. The molecule has 1 aromatic heterocycles. The summed E-state index contributed by atoms with van der Waals surface area (Å²) < 4.78 is 32.4. The number of para-hydroxylation sites is 1. The number of carbonyl (C=O) groups is 1. The van der Waals surface area contributed by atoms with Gasteiger partial charge in [-0.05, 0) is 54.6 Å². The standard InChI is InChI=1S/C23H19N3O4S/c1-26(20-7-3-2-4-8-20)31(28,29)21-9-5-6-18(14-21)23(27)25-19-12-10-17(11-13-19)22-15-24-16-30-22/h2-16H,1H3,(H,25,27). The second-order valence-corrected chi connectivity index (χ2v) is 8.70. The molecule has 1 N–H and O–H groups in total. The first-order valence-corrected chi connectivity index (χ1v) is 10.8. The van der Waals surface area contributed by atoms with Gasteiger partial charge in [0.1, 0.15) is 0 Å². The van der Waals surface area contributed by atoms with E-state index in [4.69, 9.17) is 4.42 Å². The van der Waals surface area contributed by atoms with Crippen molar-refractivity contribution in [1.29, 1.82) is 0 Å². The van der Waals surface area contributed by atoms with Gasteiger partial charge in [0.15, 0.2) is 12.2 Å². The minimum atomic E-state index is -3.81. The van der Waals surface area contributed by atoms with Crippen LogP contribution in [0, 0.1) is 0 Å². The van der Waals surface area contributed by atoms with Crippen LogP contribution in [0.4, 0.5) is 11.4 Å². The van der Waals surface area contributed by atoms with Gasteiger partial charge in [-0.1, -0.05) is 24.3 Å². The number of nitrogens with one attached hydrogen (secondary N) is 1. The van der Waals surface area contributed by atoms with Crippen LogP contribution < -0.4 is 9.62 Å². The molecule has 0 aliphatic carbocycles. The molecule has 0 radical (unpaired) electrons. The Balaban J connectivity index is 1.53. The van der Waals surface area contributed by atoms with Crippen LogP contribution in [0.15, 0.2) is 101 Å². The molecule has 31 heavy (non-hydrogen) atoms. The number of amides is 1. The van der Waals surface area contributed by atoms with E-state index in [1.165, 1.54) is 29.9 Å². The Bertz CT molecular complexity index is 1290. The van der Waals surface area contributed by atoms with Crippen molar-refractivity contribution >= 4 is 27.3 Å². The zero-order valence-electron chi connectivity index (χ0n) is 16.6. The zero-order valence-corrected chi connectivity index (χ0v) is 17.4. The normalized spacial score (nSPS) is 11.1. The first-order valence-electron chi connectivity index (χ1n) is 9.39. The van der Waals surface area contributed by atoms with Crippen molar-refractivity contribution in [2.24, 2.45) is 0 Å². The molecule has 156 valence electrons. The second kappa shape index (κ2) is 8.45. The monoisotopic (exact) mass is 433 g/mol. The molecular weight excluding hydrogens is 414 g/mol. The summed E-state index contributed by atoms with van der Waals surface area (Å²) in [4.78, 5) is 16.6. The van der Waals surface area contributed by atoms with E-state index >= 15 is 0 Å². The highest BCUT2D eigenvalue weighted by Gasteiger charge is 2.22. The molecule has 0 saturated carbocycles. The SMILES string of the molecule is CN(c1ccccc1)S(=O)(=O)c1cccc(C(=O)Nc2ccc(-c3cnco3)cc2)c1. The molecule has 3 aromatic carbocycles. The lowest BCUT2D eigenvalue weighted by atomic mass is 10.1. The number of anilines is 2. The number of hydrogen-bond acceptors (Lipinski definition) is 5. The van der Waals surface area contributed by atoms with Gasteiger partial charge >= 0.3 is 0 Å². The average Bonchev–Trinajstić information content (AvgIpc) is 3.35. The van der Waals surface area contributed by atoms with Gasteiger partial charge in [0, 0.05) is 23.9 Å². The van der Waals surface area contributed by atoms with E-state index in [-0.39, 0.29) is 10.5 Å². The predicted octanol–water partition coefficient (Wildman–Crippen LogP) is 4.42. The highest BCUT2D eigenvalue weighted by Crippen LogP contribution is 2.24. The van der Waals surface area contributed by atoms with Crippen LogP contribution in [0.1, 0.15) is 10.4 Å². The number of aromatic nitrogens is 1. The second-order valence-electron chi connectivity index (χ2n) is 6.73. The molecule has 0 aliphatic heterocycles. The third kappa shape index (κ3) is 4.34. The Morgan fingerprint density at radius 2 is 1.71 bits per heavy atom. The molecule has 4 aromatic rings. The minimum absolute atomic E-state index is 0.0344. The molecule has 1 heterocycles. The van der Waals surface area contributed by atoms with Crippen LogP contribution in [-0.2, 0) is 10.0 Å². The number of benzene rings is 3. The van der Waals surface area contributed by atoms with Gasteiger partial charge in [-0.15, -0.1) is 0 Å². The molecule has 1 amide bonds. The fraction of sp³-hybridized carbons (Fsp3) is 0.0435. The number of rotatable bonds is 6. The molecule has 0 saturated heterocycles. The summed E-state index contributed by atoms with van der Waals surface area (Å²) in [6.07, 6.45) is 2.95.